The maximum atomic E-state index is 13.6. The molecule has 1 atom stereocenters. The first-order valence-corrected chi connectivity index (χ1v) is 11.9. The van der Waals surface area contributed by atoms with Crippen LogP contribution >= 0.6 is 11.6 Å². The molecular weight excluding hydrogens is 511 g/mol. The summed E-state index contributed by atoms with van der Waals surface area (Å²) >= 11 is 5.65. The van der Waals surface area contributed by atoms with Crippen LogP contribution in [0.4, 0.5) is 4.39 Å². The van der Waals surface area contributed by atoms with E-state index in [0.717, 1.165) is 6.07 Å². The van der Waals surface area contributed by atoms with Gasteiger partial charge in [0.25, 0.3) is 11.8 Å². The van der Waals surface area contributed by atoms with Crippen LogP contribution in [0.5, 0.6) is 11.5 Å². The van der Waals surface area contributed by atoms with Crippen LogP contribution in [-0.2, 0) is 14.3 Å². The summed E-state index contributed by atoms with van der Waals surface area (Å²) in [6.45, 7) is -0.650. The Labute approximate surface area is 216 Å². The van der Waals surface area contributed by atoms with Crippen LogP contribution in [0, 0.1) is 5.82 Å². The summed E-state index contributed by atoms with van der Waals surface area (Å²) < 4.78 is 28.8. The Hall–Kier alpha value is -3.51. The van der Waals surface area contributed by atoms with E-state index in [1.807, 2.05) is 0 Å². The lowest BCUT2D eigenvalue weighted by molar-refractivity contribution is -0.137. The molecule has 0 aliphatic heterocycles. The first kappa shape index (κ1) is 26.6. The number of rotatable bonds is 9. The molecule has 1 aromatic carbocycles. The van der Waals surface area contributed by atoms with Crippen molar-refractivity contribution in [2.75, 3.05) is 20.3 Å². The molecule has 11 nitrogen and oxygen atoms in total. The number of aromatic nitrogens is 2. The minimum atomic E-state index is -0.882. The highest BCUT2D eigenvalue weighted by atomic mass is 35.5. The molecule has 3 N–H and O–H groups in total. The number of nitrogens with one attached hydrogen (secondary N) is 2. The van der Waals surface area contributed by atoms with E-state index in [0.29, 0.717) is 25.7 Å². The topological polar surface area (TPSA) is 149 Å². The fourth-order valence-electron chi connectivity index (χ4n) is 4.76. The maximum absolute atomic E-state index is 13.6. The van der Waals surface area contributed by atoms with Gasteiger partial charge in [-0.1, -0.05) is 11.6 Å². The monoisotopic (exact) mass is 536 g/mol. The molecule has 1 heterocycles. The minimum Gasteiger partial charge on any atom is -0.484 e. The Bertz CT molecular complexity index is 1170. The van der Waals surface area contributed by atoms with Crippen molar-refractivity contribution in [1.29, 1.82) is 0 Å². The quantitative estimate of drug-likeness (QED) is 0.406. The molecule has 2 bridgehead atoms. The predicted molar refractivity (Wildman–Crippen MR) is 127 cm³/mol. The molecule has 3 aliphatic rings. The highest BCUT2D eigenvalue weighted by Gasteiger charge is 2.55. The van der Waals surface area contributed by atoms with Crippen LogP contribution in [0.1, 0.15) is 42.7 Å². The number of hydrogen-bond donors (Lipinski definition) is 3. The van der Waals surface area contributed by atoms with Gasteiger partial charge in [0.2, 0.25) is 5.82 Å². The van der Waals surface area contributed by atoms with Gasteiger partial charge in [-0.25, -0.2) is 19.2 Å². The molecule has 5 rings (SSSR count). The summed E-state index contributed by atoms with van der Waals surface area (Å²) in [5.41, 5.74) is -1.44. The van der Waals surface area contributed by atoms with E-state index in [1.165, 1.54) is 31.6 Å². The Morgan fingerprint density at radius 1 is 1.05 bits per heavy atom. The van der Waals surface area contributed by atoms with Gasteiger partial charge in [-0.15, -0.1) is 0 Å². The zero-order valence-corrected chi connectivity index (χ0v) is 20.7. The van der Waals surface area contributed by atoms with Crippen molar-refractivity contribution in [2.45, 2.75) is 49.3 Å². The average Bonchev–Trinajstić information content (AvgIpc) is 2.89. The summed E-state index contributed by atoms with van der Waals surface area (Å²) in [7, 11) is 1.21. The molecule has 3 fully saturated rings. The third-order valence-electron chi connectivity index (χ3n) is 6.74. The molecule has 0 radical (unpaired) electrons. The lowest BCUT2D eigenvalue weighted by atomic mass is 9.60. The van der Waals surface area contributed by atoms with Crippen molar-refractivity contribution in [3.05, 3.63) is 47.3 Å². The second kappa shape index (κ2) is 10.9. The van der Waals surface area contributed by atoms with E-state index in [4.69, 9.17) is 21.1 Å². The molecule has 1 aromatic heterocycles. The summed E-state index contributed by atoms with van der Waals surface area (Å²) in [6, 6.07) is 3.88. The van der Waals surface area contributed by atoms with Gasteiger partial charge >= 0.3 is 5.97 Å². The van der Waals surface area contributed by atoms with Crippen LogP contribution in [0.25, 0.3) is 0 Å². The average molecular weight is 537 g/mol. The van der Waals surface area contributed by atoms with Crippen LogP contribution in [0.2, 0.25) is 5.02 Å². The van der Waals surface area contributed by atoms with Gasteiger partial charge in [-0.2, -0.15) is 0 Å². The SMILES string of the molecule is COC(=O)c1ncc(OCC(=O)NC23CCC(NC(=O)COc4ccc(Cl)c(F)c4)(CC2)[C@H](O)C3)cn1. The van der Waals surface area contributed by atoms with E-state index in [-0.39, 0.29) is 47.9 Å². The van der Waals surface area contributed by atoms with E-state index in [2.05, 4.69) is 25.3 Å². The van der Waals surface area contributed by atoms with Gasteiger partial charge in [0.1, 0.15) is 11.6 Å². The summed E-state index contributed by atoms with van der Waals surface area (Å²) in [6.07, 6.45) is 3.93. The molecule has 2 amide bonds. The third-order valence-corrected chi connectivity index (χ3v) is 7.05. The number of methoxy groups -OCH3 is 1. The Morgan fingerprint density at radius 3 is 2.27 bits per heavy atom. The first-order chi connectivity index (χ1) is 17.6. The maximum Gasteiger partial charge on any atom is 0.376 e. The van der Waals surface area contributed by atoms with Crippen LogP contribution in [0.3, 0.4) is 0 Å². The highest BCUT2D eigenvalue weighted by molar-refractivity contribution is 6.30. The second-order valence-electron chi connectivity index (χ2n) is 9.14. The van der Waals surface area contributed by atoms with Crippen molar-refractivity contribution in [2.24, 2.45) is 0 Å². The van der Waals surface area contributed by atoms with E-state index < -0.39 is 34.9 Å². The Kier molecular flexibility index (Phi) is 7.79. The van der Waals surface area contributed by atoms with Crippen molar-refractivity contribution in [3.8, 4) is 11.5 Å². The molecule has 13 heteroatoms. The number of aliphatic hydroxyl groups excluding tert-OH is 1. The number of halogens is 2. The number of esters is 1. The van der Waals surface area contributed by atoms with Gasteiger partial charge in [0.05, 0.1) is 36.2 Å². The number of carbonyl (C=O) groups is 3. The summed E-state index contributed by atoms with van der Waals surface area (Å²) in [5.74, 6) is -1.92. The van der Waals surface area contributed by atoms with Crippen molar-refractivity contribution < 1.29 is 38.1 Å². The fourth-order valence-corrected chi connectivity index (χ4v) is 4.88. The normalized spacial score (nSPS) is 24.2. The van der Waals surface area contributed by atoms with Crippen LogP contribution in [-0.4, -0.2) is 70.4 Å². The molecule has 37 heavy (non-hydrogen) atoms. The molecular formula is C24H26ClFN4O7. The smallest absolute Gasteiger partial charge is 0.376 e. The Balaban J connectivity index is 1.26. The van der Waals surface area contributed by atoms with Crippen molar-refractivity contribution in [1.82, 2.24) is 20.6 Å². The predicted octanol–water partition coefficient (Wildman–Crippen LogP) is 1.56. The van der Waals surface area contributed by atoms with E-state index in [9.17, 15) is 23.9 Å². The van der Waals surface area contributed by atoms with Crippen LogP contribution in [0.15, 0.2) is 30.6 Å². The zero-order valence-electron chi connectivity index (χ0n) is 20.0. The van der Waals surface area contributed by atoms with Gasteiger partial charge in [-0.05, 0) is 44.2 Å². The number of ether oxygens (including phenoxy) is 3. The number of carbonyl (C=O) groups excluding carboxylic acids is 3. The molecule has 198 valence electrons. The number of aliphatic hydroxyl groups is 1. The largest absolute Gasteiger partial charge is 0.484 e. The van der Waals surface area contributed by atoms with Gasteiger partial charge in [0, 0.05) is 11.6 Å². The highest BCUT2D eigenvalue weighted by Crippen LogP contribution is 2.47. The number of amides is 2. The second-order valence-corrected chi connectivity index (χ2v) is 9.55. The number of fused-ring (bicyclic) bond motifs is 3. The third kappa shape index (κ3) is 6.08. The minimum absolute atomic E-state index is 0.0475. The lowest BCUT2D eigenvalue weighted by Gasteiger charge is -2.56. The summed E-state index contributed by atoms with van der Waals surface area (Å²) in [5, 5.41) is 16.7. The number of nitrogens with zero attached hydrogens (tertiary/aromatic N) is 2. The Morgan fingerprint density at radius 2 is 1.68 bits per heavy atom. The fraction of sp³-hybridized carbons (Fsp3) is 0.458. The molecule has 0 unspecified atom stereocenters. The molecule has 2 aromatic rings. The number of hydrogen-bond acceptors (Lipinski definition) is 9. The van der Waals surface area contributed by atoms with Crippen molar-refractivity contribution in [3.63, 3.8) is 0 Å². The zero-order chi connectivity index (χ0) is 26.6. The molecule has 3 saturated carbocycles. The van der Waals surface area contributed by atoms with Gasteiger partial charge < -0.3 is 30.0 Å². The molecule has 0 spiro atoms. The van der Waals surface area contributed by atoms with Crippen molar-refractivity contribution >= 4 is 29.4 Å². The summed E-state index contributed by atoms with van der Waals surface area (Å²) in [4.78, 5) is 44.1. The molecule has 3 aliphatic carbocycles. The molecule has 0 saturated heterocycles. The first-order valence-electron chi connectivity index (χ1n) is 11.5. The van der Waals surface area contributed by atoms with E-state index >= 15 is 0 Å². The van der Waals surface area contributed by atoms with Crippen LogP contribution < -0.4 is 20.1 Å². The number of benzene rings is 1. The lowest BCUT2D eigenvalue weighted by Crippen LogP contribution is -2.70. The standard InChI is InChI=1S/C24H26ClFN4O7/c1-35-22(34)21-27-10-15(11-28-21)37-12-19(32)29-23-4-6-24(7-5-23,18(31)9-23)30-20(33)13-36-14-2-3-16(25)17(26)8-14/h2-3,8,10-11,18,31H,4-7,9,12-13H2,1H3,(H,29,32)(H,30,33)/t18-,23?,24?/m1/s1. The van der Waals surface area contributed by atoms with Gasteiger partial charge in [0.15, 0.2) is 19.0 Å². The van der Waals surface area contributed by atoms with E-state index in [1.54, 1.807) is 0 Å². The van der Waals surface area contributed by atoms with Gasteiger partial charge in [-0.3, -0.25) is 9.59 Å².